The molecule has 1 aliphatic heterocycles. The fraction of sp³-hybridized carbons (Fsp3) is 0.933. The van der Waals surface area contributed by atoms with Crippen LogP contribution in [0.4, 0.5) is 0 Å². The minimum atomic E-state index is 0.190. The van der Waals surface area contributed by atoms with Gasteiger partial charge in [0.25, 0.3) is 0 Å². The van der Waals surface area contributed by atoms with Crippen molar-refractivity contribution in [1.82, 2.24) is 10.6 Å². The molecule has 0 radical (unpaired) electrons. The van der Waals surface area contributed by atoms with Crippen molar-refractivity contribution in [3.05, 3.63) is 0 Å². The molecule has 1 fully saturated rings. The van der Waals surface area contributed by atoms with Crippen molar-refractivity contribution in [2.75, 3.05) is 26.2 Å². The van der Waals surface area contributed by atoms with Crippen molar-refractivity contribution in [3.63, 3.8) is 0 Å². The van der Waals surface area contributed by atoms with Gasteiger partial charge in [-0.1, -0.05) is 6.92 Å². The maximum atomic E-state index is 11.8. The van der Waals surface area contributed by atoms with E-state index in [0.29, 0.717) is 18.3 Å². The van der Waals surface area contributed by atoms with Crippen LogP contribution in [0.1, 0.15) is 46.5 Å². The van der Waals surface area contributed by atoms with E-state index in [2.05, 4.69) is 17.6 Å². The van der Waals surface area contributed by atoms with E-state index in [0.717, 1.165) is 32.7 Å². The third-order valence-electron chi connectivity index (χ3n) is 3.79. The molecule has 0 aromatic heterocycles. The van der Waals surface area contributed by atoms with Crippen LogP contribution in [0.5, 0.6) is 0 Å². The highest BCUT2D eigenvalue weighted by atomic mass is 16.5. The van der Waals surface area contributed by atoms with Crippen molar-refractivity contribution in [3.8, 4) is 0 Å². The van der Waals surface area contributed by atoms with Gasteiger partial charge in [-0.25, -0.2) is 0 Å². The summed E-state index contributed by atoms with van der Waals surface area (Å²) in [6.45, 7) is 9.91. The van der Waals surface area contributed by atoms with Crippen molar-refractivity contribution < 1.29 is 9.53 Å². The lowest BCUT2D eigenvalue weighted by Gasteiger charge is -2.27. The average molecular weight is 270 g/mol. The number of piperidine rings is 1. The van der Waals surface area contributed by atoms with E-state index >= 15 is 0 Å². The first-order valence-corrected chi connectivity index (χ1v) is 7.68. The SMILES string of the molecule is CC(C)OCCCNC(=O)CC(C)C1CCNCC1. The Hall–Kier alpha value is -0.610. The maximum absolute atomic E-state index is 11.8. The maximum Gasteiger partial charge on any atom is 0.220 e. The number of ether oxygens (including phenoxy) is 1. The van der Waals surface area contributed by atoms with Crippen molar-refractivity contribution in [2.45, 2.75) is 52.6 Å². The van der Waals surface area contributed by atoms with E-state index in [4.69, 9.17) is 4.74 Å². The molecule has 2 N–H and O–H groups in total. The van der Waals surface area contributed by atoms with E-state index in [9.17, 15) is 4.79 Å². The summed E-state index contributed by atoms with van der Waals surface area (Å²) in [5, 5.41) is 6.36. The van der Waals surface area contributed by atoms with Crippen molar-refractivity contribution in [2.24, 2.45) is 11.8 Å². The largest absolute Gasteiger partial charge is 0.379 e. The van der Waals surface area contributed by atoms with Crippen LogP contribution < -0.4 is 10.6 Å². The van der Waals surface area contributed by atoms with Crippen LogP contribution in [-0.4, -0.2) is 38.3 Å². The molecule has 1 amide bonds. The first kappa shape index (κ1) is 16.4. The Balaban J connectivity index is 2.06. The van der Waals surface area contributed by atoms with Gasteiger partial charge in [-0.2, -0.15) is 0 Å². The van der Waals surface area contributed by atoms with Crippen LogP contribution in [0.15, 0.2) is 0 Å². The highest BCUT2D eigenvalue weighted by Crippen LogP contribution is 2.23. The molecule has 0 aromatic carbocycles. The van der Waals surface area contributed by atoms with Crippen molar-refractivity contribution >= 4 is 5.91 Å². The first-order chi connectivity index (χ1) is 9.09. The number of amides is 1. The summed E-state index contributed by atoms with van der Waals surface area (Å²) >= 11 is 0. The topological polar surface area (TPSA) is 50.4 Å². The van der Waals surface area contributed by atoms with Gasteiger partial charge in [-0.3, -0.25) is 4.79 Å². The lowest BCUT2D eigenvalue weighted by molar-refractivity contribution is -0.122. The number of carbonyl (C=O) groups is 1. The molecule has 0 aromatic rings. The van der Waals surface area contributed by atoms with Gasteiger partial charge in [0, 0.05) is 19.6 Å². The molecule has 4 heteroatoms. The van der Waals surface area contributed by atoms with Gasteiger partial charge in [0.2, 0.25) is 5.91 Å². The standard InChI is InChI=1S/C15H30N2O2/c1-12(2)19-10-4-7-17-15(18)11-13(3)14-5-8-16-9-6-14/h12-14,16H,4-11H2,1-3H3,(H,17,18). The molecule has 1 atom stereocenters. The summed E-state index contributed by atoms with van der Waals surface area (Å²) < 4.78 is 5.44. The van der Waals surface area contributed by atoms with E-state index in [1.54, 1.807) is 0 Å². The summed E-state index contributed by atoms with van der Waals surface area (Å²) in [4.78, 5) is 11.8. The molecule has 1 heterocycles. The average Bonchev–Trinajstić information content (AvgIpc) is 2.39. The molecule has 0 bridgehead atoms. The Labute approximate surface area is 117 Å². The highest BCUT2D eigenvalue weighted by molar-refractivity contribution is 5.76. The van der Waals surface area contributed by atoms with E-state index in [-0.39, 0.29) is 12.0 Å². The van der Waals surface area contributed by atoms with Crippen LogP contribution in [0.25, 0.3) is 0 Å². The number of carbonyl (C=O) groups excluding carboxylic acids is 1. The molecule has 0 saturated carbocycles. The van der Waals surface area contributed by atoms with Crippen LogP contribution in [0.2, 0.25) is 0 Å². The zero-order valence-electron chi connectivity index (χ0n) is 12.7. The quantitative estimate of drug-likeness (QED) is 0.663. The van der Waals surface area contributed by atoms with Gasteiger partial charge < -0.3 is 15.4 Å². The second-order valence-electron chi connectivity index (χ2n) is 5.89. The second-order valence-corrected chi connectivity index (χ2v) is 5.89. The van der Waals surface area contributed by atoms with Gasteiger partial charge in [0.1, 0.15) is 0 Å². The Morgan fingerprint density at radius 2 is 2.00 bits per heavy atom. The summed E-state index contributed by atoms with van der Waals surface area (Å²) in [5.41, 5.74) is 0. The van der Waals surface area contributed by atoms with Crippen LogP contribution >= 0.6 is 0 Å². The molecule has 0 spiro atoms. The first-order valence-electron chi connectivity index (χ1n) is 7.68. The van der Waals surface area contributed by atoms with Crippen LogP contribution in [0.3, 0.4) is 0 Å². The number of rotatable bonds is 8. The smallest absolute Gasteiger partial charge is 0.220 e. The fourth-order valence-corrected chi connectivity index (χ4v) is 2.56. The molecule has 112 valence electrons. The monoisotopic (exact) mass is 270 g/mol. The minimum absolute atomic E-state index is 0.190. The zero-order valence-corrected chi connectivity index (χ0v) is 12.7. The van der Waals surface area contributed by atoms with Crippen molar-refractivity contribution in [1.29, 1.82) is 0 Å². The Bertz CT molecular complexity index is 251. The van der Waals surface area contributed by atoms with E-state index < -0.39 is 0 Å². The second kappa shape index (κ2) is 9.32. The normalized spacial score (nSPS) is 18.5. The molecule has 1 aliphatic rings. The summed E-state index contributed by atoms with van der Waals surface area (Å²) in [7, 11) is 0. The molecular weight excluding hydrogens is 240 g/mol. The molecule has 19 heavy (non-hydrogen) atoms. The predicted octanol–water partition coefficient (Wildman–Crippen LogP) is 1.94. The summed E-state index contributed by atoms with van der Waals surface area (Å²) in [6, 6.07) is 0. The lowest BCUT2D eigenvalue weighted by atomic mass is 9.84. The van der Waals surface area contributed by atoms with Gasteiger partial charge >= 0.3 is 0 Å². The van der Waals surface area contributed by atoms with E-state index in [1.807, 2.05) is 13.8 Å². The minimum Gasteiger partial charge on any atom is -0.379 e. The Morgan fingerprint density at radius 3 is 2.63 bits per heavy atom. The predicted molar refractivity (Wildman–Crippen MR) is 78.1 cm³/mol. The summed E-state index contributed by atoms with van der Waals surface area (Å²) in [5.74, 6) is 1.39. The van der Waals surface area contributed by atoms with E-state index in [1.165, 1.54) is 12.8 Å². The molecule has 1 rings (SSSR count). The van der Waals surface area contributed by atoms with Gasteiger partial charge in [0.05, 0.1) is 6.10 Å². The Morgan fingerprint density at radius 1 is 1.32 bits per heavy atom. The fourth-order valence-electron chi connectivity index (χ4n) is 2.56. The number of hydrogen-bond donors (Lipinski definition) is 2. The molecule has 1 unspecified atom stereocenters. The number of nitrogens with one attached hydrogen (secondary N) is 2. The zero-order chi connectivity index (χ0) is 14.1. The van der Waals surface area contributed by atoms with Gasteiger partial charge in [0.15, 0.2) is 0 Å². The van der Waals surface area contributed by atoms with Gasteiger partial charge in [-0.05, 0) is 58.0 Å². The third-order valence-corrected chi connectivity index (χ3v) is 3.79. The highest BCUT2D eigenvalue weighted by Gasteiger charge is 2.21. The lowest BCUT2D eigenvalue weighted by Crippen LogP contribution is -2.33. The van der Waals surface area contributed by atoms with Gasteiger partial charge in [-0.15, -0.1) is 0 Å². The van der Waals surface area contributed by atoms with Crippen LogP contribution in [0, 0.1) is 11.8 Å². The molecular formula is C15H30N2O2. The summed E-state index contributed by atoms with van der Waals surface area (Å²) in [6.07, 6.45) is 4.24. The molecule has 0 aliphatic carbocycles. The molecule has 1 saturated heterocycles. The third kappa shape index (κ3) is 7.53. The molecule has 4 nitrogen and oxygen atoms in total. The number of hydrogen-bond acceptors (Lipinski definition) is 3. The van der Waals surface area contributed by atoms with Crippen LogP contribution in [-0.2, 0) is 9.53 Å². The Kier molecular flexibility index (Phi) is 8.07.